The lowest BCUT2D eigenvalue weighted by molar-refractivity contribution is -0.141. The molecule has 0 saturated carbocycles. The first-order valence-corrected chi connectivity index (χ1v) is 7.08. The summed E-state index contributed by atoms with van der Waals surface area (Å²) in [6.45, 7) is 1.32. The third-order valence-electron chi connectivity index (χ3n) is 3.36. The van der Waals surface area contributed by atoms with E-state index in [0.717, 1.165) is 17.1 Å². The van der Waals surface area contributed by atoms with Crippen LogP contribution in [0.15, 0.2) is 23.3 Å². The van der Waals surface area contributed by atoms with Crippen molar-refractivity contribution in [1.82, 2.24) is 15.4 Å². The monoisotopic (exact) mass is 363 g/mol. The van der Waals surface area contributed by atoms with Gasteiger partial charge >= 0.3 is 6.18 Å². The Bertz CT molecular complexity index is 719. The maximum absolute atomic E-state index is 12.6. The highest BCUT2D eigenvalue weighted by atomic mass is 35.5. The van der Waals surface area contributed by atoms with E-state index in [9.17, 15) is 22.8 Å². The molecule has 0 unspecified atom stereocenters. The van der Waals surface area contributed by atoms with E-state index in [2.05, 4.69) is 10.4 Å². The maximum atomic E-state index is 12.6. The first-order chi connectivity index (χ1) is 11.2. The van der Waals surface area contributed by atoms with E-state index in [1.54, 1.807) is 0 Å². The van der Waals surface area contributed by atoms with Gasteiger partial charge in [0.1, 0.15) is 5.15 Å². The topological polar surface area (TPSA) is 71.5 Å². The highest BCUT2D eigenvalue weighted by molar-refractivity contribution is 6.30. The molecule has 0 aliphatic carbocycles. The summed E-state index contributed by atoms with van der Waals surface area (Å²) in [5.41, 5.74) is 2.09. The zero-order chi connectivity index (χ0) is 18.1. The standard InChI is InChI=1S/C14H13ClF3N3O3/c1-7-9(6-24-2)13(23)21(12(7)22)19-5-8-3-4-10(11(15)20-8)14(16,17)18/h3-4,19H,5-6H2,1-2H3. The van der Waals surface area contributed by atoms with Gasteiger partial charge in [0.15, 0.2) is 0 Å². The summed E-state index contributed by atoms with van der Waals surface area (Å²) < 4.78 is 42.7. The second kappa shape index (κ2) is 6.88. The highest BCUT2D eigenvalue weighted by Gasteiger charge is 2.36. The molecule has 1 aromatic heterocycles. The van der Waals surface area contributed by atoms with E-state index < -0.39 is 28.7 Å². The minimum atomic E-state index is -4.60. The summed E-state index contributed by atoms with van der Waals surface area (Å²) in [6, 6.07) is 1.91. The van der Waals surface area contributed by atoms with Gasteiger partial charge in [-0.3, -0.25) is 9.59 Å². The van der Waals surface area contributed by atoms with Gasteiger partial charge in [-0.15, -0.1) is 0 Å². The molecule has 0 atom stereocenters. The average molecular weight is 364 g/mol. The molecule has 2 heterocycles. The zero-order valence-electron chi connectivity index (χ0n) is 12.7. The van der Waals surface area contributed by atoms with Crippen molar-refractivity contribution >= 4 is 23.4 Å². The van der Waals surface area contributed by atoms with Crippen LogP contribution in [0.2, 0.25) is 5.15 Å². The van der Waals surface area contributed by atoms with Gasteiger partial charge in [0.25, 0.3) is 11.8 Å². The number of ether oxygens (including phenoxy) is 1. The molecule has 2 rings (SSSR count). The lowest BCUT2D eigenvalue weighted by Gasteiger charge is -2.16. The molecule has 1 N–H and O–H groups in total. The van der Waals surface area contributed by atoms with Crippen LogP contribution in [0.4, 0.5) is 13.2 Å². The van der Waals surface area contributed by atoms with Gasteiger partial charge in [0, 0.05) is 12.7 Å². The van der Waals surface area contributed by atoms with Gasteiger partial charge in [0.2, 0.25) is 0 Å². The molecule has 0 aromatic carbocycles. The van der Waals surface area contributed by atoms with Gasteiger partial charge in [0.05, 0.1) is 30.0 Å². The quantitative estimate of drug-likeness (QED) is 0.640. The van der Waals surface area contributed by atoms with Crippen LogP contribution >= 0.6 is 11.6 Å². The number of aromatic nitrogens is 1. The molecule has 130 valence electrons. The Morgan fingerprint density at radius 1 is 1.29 bits per heavy atom. The number of halogens is 4. The molecule has 0 fully saturated rings. The second-order valence-corrected chi connectivity index (χ2v) is 5.31. The summed E-state index contributed by atoms with van der Waals surface area (Å²) in [7, 11) is 1.39. The van der Waals surface area contributed by atoms with Crippen LogP contribution < -0.4 is 5.43 Å². The molecular weight excluding hydrogens is 351 g/mol. The Balaban J connectivity index is 2.09. The van der Waals surface area contributed by atoms with Crippen molar-refractivity contribution in [2.45, 2.75) is 19.6 Å². The summed E-state index contributed by atoms with van der Waals surface area (Å²) in [4.78, 5) is 27.7. The number of imide groups is 1. The number of amides is 2. The van der Waals surface area contributed by atoms with E-state index in [0.29, 0.717) is 0 Å². The molecule has 2 amide bonds. The number of methoxy groups -OCH3 is 1. The number of nitrogens with one attached hydrogen (secondary N) is 1. The van der Waals surface area contributed by atoms with Gasteiger partial charge in [-0.1, -0.05) is 11.6 Å². The molecule has 0 spiro atoms. The molecule has 10 heteroatoms. The van der Waals surface area contributed by atoms with Crippen molar-refractivity contribution in [2.24, 2.45) is 0 Å². The minimum absolute atomic E-state index is 0.0149. The van der Waals surface area contributed by atoms with Crippen LogP contribution in [0.5, 0.6) is 0 Å². The van der Waals surface area contributed by atoms with Crippen LogP contribution in [0.3, 0.4) is 0 Å². The summed E-state index contributed by atoms with van der Waals surface area (Å²) >= 11 is 5.52. The Hall–Kier alpha value is -1.97. The first kappa shape index (κ1) is 18.4. The van der Waals surface area contributed by atoms with E-state index in [4.69, 9.17) is 16.3 Å². The smallest absolute Gasteiger partial charge is 0.380 e. The fourth-order valence-electron chi connectivity index (χ4n) is 2.08. The lowest BCUT2D eigenvalue weighted by Crippen LogP contribution is -2.43. The Morgan fingerprint density at radius 2 is 1.96 bits per heavy atom. The number of alkyl halides is 3. The minimum Gasteiger partial charge on any atom is -0.380 e. The summed E-state index contributed by atoms with van der Waals surface area (Å²) in [5.74, 6) is -1.12. The van der Waals surface area contributed by atoms with Crippen LogP contribution in [-0.4, -0.2) is 35.5 Å². The highest BCUT2D eigenvalue weighted by Crippen LogP contribution is 2.33. The van der Waals surface area contributed by atoms with Crippen LogP contribution in [0, 0.1) is 0 Å². The van der Waals surface area contributed by atoms with Gasteiger partial charge in [-0.2, -0.15) is 13.2 Å². The molecule has 1 aliphatic rings. The summed E-state index contributed by atoms with van der Waals surface area (Å²) in [5, 5.41) is 0.0759. The molecule has 0 saturated heterocycles. The summed E-state index contributed by atoms with van der Waals surface area (Å²) in [6.07, 6.45) is -4.60. The van der Waals surface area contributed by atoms with Crippen LogP contribution in [0.1, 0.15) is 18.2 Å². The lowest BCUT2D eigenvalue weighted by atomic mass is 10.2. The number of hydrazine groups is 1. The number of rotatable bonds is 5. The average Bonchev–Trinajstić information content (AvgIpc) is 2.68. The SMILES string of the molecule is COCC1=C(C)C(=O)N(NCc2ccc(C(F)(F)F)c(Cl)n2)C1=O. The van der Waals surface area contributed by atoms with Crippen molar-refractivity contribution in [3.8, 4) is 0 Å². The molecule has 0 bridgehead atoms. The number of pyridine rings is 1. The predicted octanol–water partition coefficient (Wildman–Crippen LogP) is 2.09. The molecule has 24 heavy (non-hydrogen) atoms. The van der Waals surface area contributed by atoms with Crippen molar-refractivity contribution in [2.75, 3.05) is 13.7 Å². The van der Waals surface area contributed by atoms with E-state index >= 15 is 0 Å². The van der Waals surface area contributed by atoms with Crippen molar-refractivity contribution in [3.63, 3.8) is 0 Å². The number of nitrogens with zero attached hydrogens (tertiary/aromatic N) is 2. The zero-order valence-corrected chi connectivity index (χ0v) is 13.5. The Labute approximate surface area is 140 Å². The predicted molar refractivity (Wildman–Crippen MR) is 77.5 cm³/mol. The van der Waals surface area contributed by atoms with Gasteiger partial charge in [-0.05, 0) is 19.1 Å². The molecule has 0 radical (unpaired) electrons. The number of hydrogen-bond acceptors (Lipinski definition) is 5. The van der Waals surface area contributed by atoms with Gasteiger partial charge < -0.3 is 4.74 Å². The van der Waals surface area contributed by atoms with E-state index in [-0.39, 0.29) is 30.0 Å². The van der Waals surface area contributed by atoms with E-state index in [1.165, 1.54) is 14.0 Å². The van der Waals surface area contributed by atoms with Crippen molar-refractivity contribution in [3.05, 3.63) is 39.7 Å². The molecular formula is C14H13ClF3N3O3. The third kappa shape index (κ3) is 3.58. The van der Waals surface area contributed by atoms with E-state index in [1.807, 2.05) is 0 Å². The first-order valence-electron chi connectivity index (χ1n) is 6.70. The Kier molecular flexibility index (Phi) is 5.26. The van der Waals surface area contributed by atoms with Crippen LogP contribution in [0.25, 0.3) is 0 Å². The maximum Gasteiger partial charge on any atom is 0.419 e. The third-order valence-corrected chi connectivity index (χ3v) is 3.64. The van der Waals surface area contributed by atoms with Crippen molar-refractivity contribution in [1.29, 1.82) is 0 Å². The fraction of sp³-hybridized carbons (Fsp3) is 0.357. The largest absolute Gasteiger partial charge is 0.419 e. The second-order valence-electron chi connectivity index (χ2n) is 4.96. The number of carbonyl (C=O) groups is 2. The van der Waals surface area contributed by atoms with Crippen molar-refractivity contribution < 1.29 is 27.5 Å². The normalized spacial score (nSPS) is 15.7. The van der Waals surface area contributed by atoms with Gasteiger partial charge in [-0.25, -0.2) is 15.4 Å². The van der Waals surface area contributed by atoms with Crippen LogP contribution in [-0.2, 0) is 27.0 Å². The Morgan fingerprint density at radius 3 is 2.50 bits per heavy atom. The molecule has 6 nitrogen and oxygen atoms in total. The molecule has 1 aliphatic heterocycles. The number of carbonyl (C=O) groups excluding carboxylic acids is 2. The fourth-order valence-corrected chi connectivity index (χ4v) is 2.36. The molecule has 1 aromatic rings. The number of hydrogen-bond donors (Lipinski definition) is 1.